The summed E-state index contributed by atoms with van der Waals surface area (Å²) in [5.74, 6) is 0. The number of hydrogen-bond acceptors (Lipinski definition) is 4. The molecule has 2 aliphatic carbocycles. The van der Waals surface area contributed by atoms with Crippen LogP contribution in [0.4, 0.5) is 4.79 Å². The molecule has 0 spiro atoms. The van der Waals surface area contributed by atoms with Crippen LogP contribution in [0, 0.1) is 0 Å². The minimum Gasteiger partial charge on any atom is -0.449 e. The number of ether oxygens (including phenoxy) is 1. The Morgan fingerprint density at radius 3 is 1.93 bits per heavy atom. The maximum Gasteiger partial charge on any atom is 0.409 e. The van der Waals surface area contributed by atoms with Crippen molar-refractivity contribution >= 4 is 18.5 Å². The molecule has 6 heteroatoms. The van der Waals surface area contributed by atoms with Gasteiger partial charge >= 0.3 is 6.09 Å². The van der Waals surface area contributed by atoms with Gasteiger partial charge < -0.3 is 9.64 Å². The number of rotatable bonds is 7. The van der Waals surface area contributed by atoms with Crippen LogP contribution in [0.15, 0.2) is 0 Å². The second-order valence-electron chi connectivity index (χ2n) is 8.76. The minimum atomic E-state index is -0.123. The average Bonchev–Trinajstić information content (AvgIpc) is 2.74. The molecule has 164 valence electrons. The van der Waals surface area contributed by atoms with E-state index in [1.165, 1.54) is 70.8 Å². The van der Waals surface area contributed by atoms with Crippen LogP contribution in [0.3, 0.4) is 0 Å². The van der Waals surface area contributed by atoms with Crippen LogP contribution in [0.5, 0.6) is 0 Å². The second-order valence-corrected chi connectivity index (χ2v) is 8.76. The summed E-state index contributed by atoms with van der Waals surface area (Å²) in [5, 5.41) is 0. The van der Waals surface area contributed by atoms with Crippen LogP contribution in [0.1, 0.15) is 77.6 Å². The third-order valence-corrected chi connectivity index (χ3v) is 6.82. The van der Waals surface area contributed by atoms with Crippen molar-refractivity contribution in [2.24, 2.45) is 0 Å². The molecular weight excluding hydrogens is 374 g/mol. The zero-order chi connectivity index (χ0) is 18.9. The lowest BCUT2D eigenvalue weighted by Gasteiger charge is -2.43. The van der Waals surface area contributed by atoms with Gasteiger partial charge in [-0.3, -0.25) is 9.80 Å². The molecule has 5 nitrogen and oxygen atoms in total. The number of piperazine rings is 1. The van der Waals surface area contributed by atoms with E-state index < -0.39 is 0 Å². The van der Waals surface area contributed by atoms with Gasteiger partial charge in [0.1, 0.15) is 0 Å². The molecule has 0 aromatic rings. The number of carbonyl (C=O) groups excluding carboxylic acids is 1. The van der Waals surface area contributed by atoms with Gasteiger partial charge in [-0.2, -0.15) is 0 Å². The Hall–Kier alpha value is -0.520. The molecule has 0 atom stereocenters. The largest absolute Gasteiger partial charge is 0.449 e. The lowest BCUT2D eigenvalue weighted by Crippen LogP contribution is -2.52. The van der Waals surface area contributed by atoms with E-state index in [4.69, 9.17) is 4.74 Å². The molecule has 1 amide bonds. The Morgan fingerprint density at radius 2 is 1.43 bits per heavy atom. The topological polar surface area (TPSA) is 36.0 Å². The number of hydrogen-bond donors (Lipinski definition) is 0. The van der Waals surface area contributed by atoms with Crippen LogP contribution in [0.2, 0.25) is 0 Å². The predicted molar refractivity (Wildman–Crippen MR) is 117 cm³/mol. The molecule has 2 saturated carbocycles. The SMILES string of the molecule is CCCOC(=O)N1CCN(CCN(C2CCCCC2)C2CCCCC2)CC1.Cl. The molecule has 0 unspecified atom stereocenters. The fraction of sp³-hybridized carbons (Fsp3) is 0.955. The predicted octanol–water partition coefficient (Wildman–Crippen LogP) is 4.54. The molecule has 3 rings (SSSR count). The average molecular weight is 416 g/mol. The van der Waals surface area contributed by atoms with Crippen molar-refractivity contribution in [3.8, 4) is 0 Å². The molecule has 28 heavy (non-hydrogen) atoms. The van der Waals surface area contributed by atoms with Gasteiger partial charge in [-0.05, 0) is 32.1 Å². The van der Waals surface area contributed by atoms with Gasteiger partial charge in [-0.15, -0.1) is 12.4 Å². The van der Waals surface area contributed by atoms with Gasteiger partial charge in [0.25, 0.3) is 0 Å². The Morgan fingerprint density at radius 1 is 0.893 bits per heavy atom. The quantitative estimate of drug-likeness (QED) is 0.611. The summed E-state index contributed by atoms with van der Waals surface area (Å²) in [4.78, 5) is 19.4. The summed E-state index contributed by atoms with van der Waals surface area (Å²) in [6.45, 7) is 8.56. The normalized spacial score (nSPS) is 22.9. The highest BCUT2D eigenvalue weighted by Gasteiger charge is 2.29. The first-order valence-corrected chi connectivity index (χ1v) is 11.7. The van der Waals surface area contributed by atoms with E-state index in [2.05, 4.69) is 9.80 Å². The van der Waals surface area contributed by atoms with E-state index in [0.29, 0.717) is 6.61 Å². The third kappa shape index (κ3) is 7.07. The van der Waals surface area contributed by atoms with Gasteiger partial charge in [0, 0.05) is 51.4 Å². The maximum atomic E-state index is 12.0. The zero-order valence-electron chi connectivity index (χ0n) is 17.9. The summed E-state index contributed by atoms with van der Waals surface area (Å²) < 4.78 is 5.28. The molecular formula is C22H42ClN3O2. The first-order chi connectivity index (χ1) is 13.3. The summed E-state index contributed by atoms with van der Waals surface area (Å²) in [5.41, 5.74) is 0. The Balaban J connectivity index is 0.00000280. The summed E-state index contributed by atoms with van der Waals surface area (Å²) in [6.07, 6.45) is 15.0. The first kappa shape index (κ1) is 23.8. The zero-order valence-corrected chi connectivity index (χ0v) is 18.8. The van der Waals surface area contributed by atoms with Crippen LogP contribution in [-0.4, -0.2) is 78.8 Å². The highest BCUT2D eigenvalue weighted by atomic mass is 35.5. The number of halogens is 1. The molecule has 0 aromatic carbocycles. The van der Waals surface area contributed by atoms with Gasteiger partial charge in [-0.25, -0.2) is 4.79 Å². The van der Waals surface area contributed by atoms with Gasteiger partial charge in [0.15, 0.2) is 0 Å². The van der Waals surface area contributed by atoms with Gasteiger partial charge in [0.2, 0.25) is 0 Å². The minimum absolute atomic E-state index is 0. The Labute approximate surface area is 178 Å². The fourth-order valence-corrected chi connectivity index (χ4v) is 5.18. The molecule has 1 aliphatic heterocycles. The van der Waals surface area contributed by atoms with Crippen LogP contribution in [0.25, 0.3) is 0 Å². The smallest absolute Gasteiger partial charge is 0.409 e. The van der Waals surface area contributed by atoms with Crippen molar-refractivity contribution in [2.75, 3.05) is 45.9 Å². The molecule has 1 heterocycles. The highest BCUT2D eigenvalue weighted by Crippen LogP contribution is 2.30. The van der Waals surface area contributed by atoms with Crippen molar-refractivity contribution < 1.29 is 9.53 Å². The van der Waals surface area contributed by atoms with Gasteiger partial charge in [0.05, 0.1) is 6.61 Å². The van der Waals surface area contributed by atoms with Crippen molar-refractivity contribution in [1.29, 1.82) is 0 Å². The fourth-order valence-electron chi connectivity index (χ4n) is 5.18. The standard InChI is InChI=1S/C22H41N3O2.ClH/c1-2-19-27-22(26)24-16-13-23(14-17-24)15-18-25(20-9-5-3-6-10-20)21-11-7-4-8-12-21;/h20-21H,2-19H2,1H3;1H. The third-order valence-electron chi connectivity index (χ3n) is 6.82. The van der Waals surface area contributed by atoms with Crippen LogP contribution in [-0.2, 0) is 4.74 Å². The molecule has 0 N–H and O–H groups in total. The molecule has 0 bridgehead atoms. The molecule has 0 aromatic heterocycles. The van der Waals surface area contributed by atoms with E-state index in [1.807, 2.05) is 11.8 Å². The lowest BCUT2D eigenvalue weighted by molar-refractivity contribution is 0.0508. The van der Waals surface area contributed by atoms with E-state index in [-0.39, 0.29) is 18.5 Å². The monoisotopic (exact) mass is 415 g/mol. The molecule has 3 aliphatic rings. The molecule has 3 fully saturated rings. The number of carbonyl (C=O) groups is 1. The first-order valence-electron chi connectivity index (χ1n) is 11.7. The maximum absolute atomic E-state index is 12.0. The van der Waals surface area contributed by atoms with Crippen LogP contribution >= 0.6 is 12.4 Å². The summed E-state index contributed by atoms with van der Waals surface area (Å²) >= 11 is 0. The highest BCUT2D eigenvalue weighted by molar-refractivity contribution is 5.85. The summed E-state index contributed by atoms with van der Waals surface area (Å²) in [7, 11) is 0. The van der Waals surface area contributed by atoms with E-state index in [0.717, 1.165) is 51.2 Å². The number of nitrogens with zero attached hydrogens (tertiary/aromatic N) is 3. The van der Waals surface area contributed by atoms with E-state index in [1.54, 1.807) is 0 Å². The van der Waals surface area contributed by atoms with Crippen molar-refractivity contribution in [2.45, 2.75) is 89.6 Å². The Kier molecular flexibility index (Phi) is 11.0. The van der Waals surface area contributed by atoms with Crippen molar-refractivity contribution in [3.63, 3.8) is 0 Å². The van der Waals surface area contributed by atoms with E-state index in [9.17, 15) is 4.79 Å². The Bertz CT molecular complexity index is 413. The number of amides is 1. The molecule has 0 radical (unpaired) electrons. The van der Waals surface area contributed by atoms with E-state index >= 15 is 0 Å². The molecule has 1 saturated heterocycles. The van der Waals surface area contributed by atoms with Crippen LogP contribution < -0.4 is 0 Å². The van der Waals surface area contributed by atoms with Crippen molar-refractivity contribution in [3.05, 3.63) is 0 Å². The van der Waals surface area contributed by atoms with Crippen molar-refractivity contribution in [1.82, 2.24) is 14.7 Å². The van der Waals surface area contributed by atoms with Gasteiger partial charge in [-0.1, -0.05) is 45.4 Å². The lowest BCUT2D eigenvalue weighted by atomic mass is 9.88. The second kappa shape index (κ2) is 12.9. The summed E-state index contributed by atoms with van der Waals surface area (Å²) in [6, 6.07) is 1.65.